The minimum Gasteiger partial charge on any atom is -0.497 e. The molecule has 0 amide bonds. The molecule has 2 aliphatic heterocycles. The summed E-state index contributed by atoms with van der Waals surface area (Å²) in [6.07, 6.45) is 2.19. The minimum atomic E-state index is -0.384. The Morgan fingerprint density at radius 1 is 0.944 bits per heavy atom. The van der Waals surface area contributed by atoms with Crippen LogP contribution in [0.2, 0.25) is 0 Å². The number of rotatable bonds is 6. The fourth-order valence-corrected chi connectivity index (χ4v) is 4.97. The molecule has 1 fully saturated rings. The van der Waals surface area contributed by atoms with E-state index in [9.17, 15) is 10.1 Å². The van der Waals surface area contributed by atoms with Crippen molar-refractivity contribution in [3.8, 4) is 11.5 Å². The summed E-state index contributed by atoms with van der Waals surface area (Å²) in [6, 6.07) is 22.6. The lowest BCUT2D eigenvalue weighted by atomic mass is 9.83. The van der Waals surface area contributed by atoms with Crippen LogP contribution in [0.1, 0.15) is 17.2 Å². The quantitative estimate of drug-likeness (QED) is 0.355. The van der Waals surface area contributed by atoms with Gasteiger partial charge in [-0.25, -0.2) is 0 Å². The number of hydrogen-bond acceptors (Lipinski definition) is 7. The van der Waals surface area contributed by atoms with Gasteiger partial charge >= 0.3 is 0 Å². The third kappa shape index (κ3) is 4.55. The van der Waals surface area contributed by atoms with E-state index in [0.717, 1.165) is 52.7 Å². The molecular weight excluding hydrogens is 456 g/mol. The molecule has 0 radical (unpaired) electrons. The van der Waals surface area contributed by atoms with Crippen LogP contribution in [0, 0.1) is 16.0 Å². The maximum Gasteiger partial charge on any atom is 0.269 e. The lowest BCUT2D eigenvalue weighted by Gasteiger charge is -2.34. The number of hydrazone groups is 1. The maximum atomic E-state index is 11.2. The van der Waals surface area contributed by atoms with Crippen molar-refractivity contribution in [1.82, 2.24) is 4.90 Å². The second kappa shape index (κ2) is 9.83. The normalized spacial score (nSPS) is 20.7. The molecule has 3 aromatic rings. The first-order chi connectivity index (χ1) is 17.5. The number of benzene rings is 3. The maximum absolute atomic E-state index is 11.2. The molecule has 36 heavy (non-hydrogen) atoms. The van der Waals surface area contributed by atoms with Gasteiger partial charge < -0.3 is 14.4 Å². The van der Waals surface area contributed by atoms with Crippen molar-refractivity contribution in [2.45, 2.75) is 6.04 Å². The number of piperidine rings is 1. The highest BCUT2D eigenvalue weighted by Gasteiger charge is 2.43. The van der Waals surface area contributed by atoms with Crippen molar-refractivity contribution in [2.24, 2.45) is 11.0 Å². The predicted molar refractivity (Wildman–Crippen MR) is 141 cm³/mol. The highest BCUT2D eigenvalue weighted by molar-refractivity contribution is 6.09. The van der Waals surface area contributed by atoms with Gasteiger partial charge in [0.2, 0.25) is 0 Å². The summed E-state index contributed by atoms with van der Waals surface area (Å²) < 4.78 is 10.7. The molecule has 184 valence electrons. The van der Waals surface area contributed by atoms with Crippen LogP contribution >= 0.6 is 0 Å². The largest absolute Gasteiger partial charge is 0.497 e. The zero-order valence-electron chi connectivity index (χ0n) is 20.5. The number of nitro benzene ring substituents is 1. The molecule has 0 saturated carbocycles. The van der Waals surface area contributed by atoms with Crippen LogP contribution in [0.15, 0.2) is 83.5 Å². The lowest BCUT2D eigenvalue weighted by Crippen LogP contribution is -2.41. The summed E-state index contributed by atoms with van der Waals surface area (Å²) in [4.78, 5) is 13.1. The average molecular weight is 485 g/mol. The Balaban J connectivity index is 1.58. The fourth-order valence-electron chi connectivity index (χ4n) is 4.97. The highest BCUT2D eigenvalue weighted by Crippen LogP contribution is 2.43. The summed E-state index contributed by atoms with van der Waals surface area (Å²) in [7, 11) is 5.44. The molecule has 2 aliphatic rings. The Labute approximate surface area is 210 Å². The summed E-state index contributed by atoms with van der Waals surface area (Å²) >= 11 is 0. The van der Waals surface area contributed by atoms with E-state index in [-0.39, 0.29) is 22.6 Å². The molecule has 0 aromatic heterocycles. The van der Waals surface area contributed by atoms with Crippen molar-refractivity contribution >= 4 is 23.2 Å². The molecule has 3 aromatic carbocycles. The van der Waals surface area contributed by atoms with Gasteiger partial charge in [-0.3, -0.25) is 15.1 Å². The van der Waals surface area contributed by atoms with Gasteiger partial charge in [-0.05, 0) is 66.2 Å². The second-order valence-electron chi connectivity index (χ2n) is 9.07. The van der Waals surface area contributed by atoms with Gasteiger partial charge in [-0.2, -0.15) is 5.10 Å². The van der Waals surface area contributed by atoms with Gasteiger partial charge in [0.1, 0.15) is 11.5 Å². The Hall–Kier alpha value is -4.17. The Morgan fingerprint density at radius 3 is 2.14 bits per heavy atom. The van der Waals surface area contributed by atoms with Crippen LogP contribution in [0.3, 0.4) is 0 Å². The first-order valence-electron chi connectivity index (χ1n) is 11.8. The van der Waals surface area contributed by atoms with Crippen molar-refractivity contribution in [2.75, 3.05) is 39.4 Å². The summed E-state index contributed by atoms with van der Waals surface area (Å²) in [5.74, 6) is 1.73. The third-order valence-electron chi connectivity index (χ3n) is 6.73. The van der Waals surface area contributed by atoms with Gasteiger partial charge in [0.15, 0.2) is 0 Å². The van der Waals surface area contributed by atoms with Gasteiger partial charge in [0.25, 0.3) is 5.69 Å². The van der Waals surface area contributed by atoms with E-state index < -0.39 is 0 Å². The zero-order valence-corrected chi connectivity index (χ0v) is 20.5. The molecule has 0 spiro atoms. The molecular formula is C28H28N4O4. The van der Waals surface area contributed by atoms with E-state index in [1.807, 2.05) is 41.4 Å². The van der Waals surface area contributed by atoms with Crippen LogP contribution < -0.4 is 14.5 Å². The number of nitrogens with zero attached hydrogens (tertiary/aromatic N) is 4. The van der Waals surface area contributed by atoms with Crippen LogP contribution in [-0.2, 0) is 0 Å². The molecule has 8 heteroatoms. The smallest absolute Gasteiger partial charge is 0.269 e. The van der Waals surface area contributed by atoms with Gasteiger partial charge in [-0.1, -0.05) is 24.3 Å². The van der Waals surface area contributed by atoms with E-state index in [2.05, 4.69) is 30.2 Å². The zero-order chi connectivity index (χ0) is 25.2. The first kappa shape index (κ1) is 23.6. The number of fused-ring (bicyclic) bond motifs is 1. The summed E-state index contributed by atoms with van der Waals surface area (Å²) in [5.41, 5.74) is 5.26. The number of non-ortho nitro benzene ring substituents is 1. The Kier molecular flexibility index (Phi) is 6.43. The van der Waals surface area contributed by atoms with Crippen molar-refractivity contribution in [3.05, 3.63) is 99.6 Å². The van der Waals surface area contributed by atoms with Crippen LogP contribution in [0.5, 0.6) is 11.5 Å². The van der Waals surface area contributed by atoms with Crippen molar-refractivity contribution < 1.29 is 14.4 Å². The molecule has 0 unspecified atom stereocenters. The van der Waals surface area contributed by atoms with Crippen LogP contribution in [0.4, 0.5) is 11.4 Å². The van der Waals surface area contributed by atoms with Crippen LogP contribution in [-0.4, -0.2) is 49.9 Å². The van der Waals surface area contributed by atoms with E-state index in [4.69, 9.17) is 14.6 Å². The number of hydrogen-bond donors (Lipinski definition) is 0. The molecule has 5 rings (SSSR count). The third-order valence-corrected chi connectivity index (χ3v) is 6.73. The molecule has 8 nitrogen and oxygen atoms in total. The molecule has 1 saturated heterocycles. The topological polar surface area (TPSA) is 80.4 Å². The van der Waals surface area contributed by atoms with E-state index in [1.54, 1.807) is 26.4 Å². The average Bonchev–Trinajstić information content (AvgIpc) is 3.28. The molecule has 2 heterocycles. The summed E-state index contributed by atoms with van der Waals surface area (Å²) in [6.45, 7) is 1.63. The van der Waals surface area contributed by atoms with Crippen molar-refractivity contribution in [3.63, 3.8) is 0 Å². The second-order valence-corrected chi connectivity index (χ2v) is 9.07. The standard InChI is InChI=1S/C28H28N4O4/c1-30-17-21(16-19-4-12-24(35-2)13-5-19)27-26(18-30)28(20-6-14-25(36-3)15-7-20)31(29-27)22-8-10-23(11-9-22)32(33)34/h4-16,26,28H,17-18H2,1-3H3/b21-16+/t26-,28+/m0/s1. The SMILES string of the molecule is COc1ccc(/C=C2\CN(C)C[C@H]3C2=NN(c2ccc([N+](=O)[O-])cc2)[C@@H]3c2ccc(OC)cc2)cc1. The number of likely N-dealkylation sites (tertiary alicyclic amines) is 1. The first-order valence-corrected chi connectivity index (χ1v) is 11.8. The summed E-state index contributed by atoms with van der Waals surface area (Å²) in [5, 5.41) is 18.3. The highest BCUT2D eigenvalue weighted by atomic mass is 16.6. The number of methoxy groups -OCH3 is 2. The lowest BCUT2D eigenvalue weighted by molar-refractivity contribution is -0.384. The molecule has 0 N–H and O–H groups in total. The van der Waals surface area contributed by atoms with E-state index >= 15 is 0 Å². The van der Waals surface area contributed by atoms with Crippen LogP contribution in [0.25, 0.3) is 6.08 Å². The number of anilines is 1. The van der Waals surface area contributed by atoms with Gasteiger partial charge in [0, 0.05) is 31.1 Å². The van der Waals surface area contributed by atoms with Crippen molar-refractivity contribution in [1.29, 1.82) is 0 Å². The fraction of sp³-hybridized carbons (Fsp3) is 0.250. The Bertz CT molecular complexity index is 1300. The number of ether oxygens (including phenoxy) is 2. The van der Waals surface area contributed by atoms with Gasteiger partial charge in [-0.15, -0.1) is 0 Å². The monoisotopic (exact) mass is 484 g/mol. The predicted octanol–water partition coefficient (Wildman–Crippen LogP) is 5.17. The molecule has 2 atom stereocenters. The minimum absolute atomic E-state index is 0.0591. The number of likely N-dealkylation sites (N-methyl/N-ethyl adjacent to an activating group) is 1. The van der Waals surface area contributed by atoms with Gasteiger partial charge in [0.05, 0.1) is 36.6 Å². The molecule has 0 bridgehead atoms. The molecule has 0 aliphatic carbocycles. The van der Waals surface area contributed by atoms with E-state index in [1.165, 1.54) is 12.1 Å². The Morgan fingerprint density at radius 2 is 1.56 bits per heavy atom. The number of nitro groups is 1. The van der Waals surface area contributed by atoms with E-state index in [0.29, 0.717) is 0 Å².